The Labute approximate surface area is 130 Å². The zero-order valence-electron chi connectivity index (χ0n) is 13.4. The maximum Gasteiger partial charge on any atom is 0.224 e. The third kappa shape index (κ3) is 4.25. The summed E-state index contributed by atoms with van der Waals surface area (Å²) in [5, 5.41) is 6.43. The lowest BCUT2D eigenvalue weighted by atomic mass is 10.2. The van der Waals surface area contributed by atoms with Crippen molar-refractivity contribution in [3.63, 3.8) is 0 Å². The van der Waals surface area contributed by atoms with Crippen molar-refractivity contribution in [2.24, 2.45) is 5.92 Å². The van der Waals surface area contributed by atoms with Crippen LogP contribution in [0.25, 0.3) is 0 Å². The number of hydrogen-bond acceptors (Lipinski definition) is 6. The van der Waals surface area contributed by atoms with Gasteiger partial charge in [0, 0.05) is 18.8 Å². The molecule has 6 nitrogen and oxygen atoms in total. The van der Waals surface area contributed by atoms with Crippen LogP contribution in [0.2, 0.25) is 0 Å². The summed E-state index contributed by atoms with van der Waals surface area (Å²) in [5.74, 6) is 3.26. The molecule has 0 aliphatic rings. The Morgan fingerprint density at radius 2 is 1.95 bits per heavy atom. The van der Waals surface area contributed by atoms with Crippen molar-refractivity contribution in [1.82, 2.24) is 9.97 Å². The monoisotopic (exact) mass is 302 g/mol. The molecule has 0 saturated carbocycles. The van der Waals surface area contributed by atoms with Crippen LogP contribution in [0.15, 0.2) is 30.5 Å². The molecule has 0 fully saturated rings. The third-order valence-electron chi connectivity index (χ3n) is 3.00. The second-order valence-electron chi connectivity index (χ2n) is 5.23. The number of nitrogens with zero attached hydrogens (tertiary/aromatic N) is 2. The minimum Gasteiger partial charge on any atom is -0.497 e. The van der Waals surface area contributed by atoms with Crippen LogP contribution in [-0.4, -0.2) is 30.7 Å². The Balaban J connectivity index is 2.15. The molecular weight excluding hydrogens is 280 g/mol. The van der Waals surface area contributed by atoms with Gasteiger partial charge in [-0.25, -0.2) is 4.98 Å². The van der Waals surface area contributed by atoms with E-state index in [1.165, 1.54) is 0 Å². The lowest BCUT2D eigenvalue weighted by Gasteiger charge is -2.13. The highest BCUT2D eigenvalue weighted by atomic mass is 16.5. The Hall–Kier alpha value is -2.50. The summed E-state index contributed by atoms with van der Waals surface area (Å²) >= 11 is 0. The molecule has 1 heterocycles. The van der Waals surface area contributed by atoms with Crippen LogP contribution in [0.4, 0.5) is 17.5 Å². The summed E-state index contributed by atoms with van der Waals surface area (Å²) in [6.45, 7) is 5.10. The predicted molar refractivity (Wildman–Crippen MR) is 88.2 cm³/mol. The second kappa shape index (κ2) is 7.49. The van der Waals surface area contributed by atoms with E-state index >= 15 is 0 Å². The predicted octanol–water partition coefficient (Wildman–Crippen LogP) is 3.31. The molecule has 2 rings (SSSR count). The quantitative estimate of drug-likeness (QED) is 0.818. The maximum atomic E-state index is 5.37. The maximum absolute atomic E-state index is 5.37. The van der Waals surface area contributed by atoms with Crippen LogP contribution in [0.1, 0.15) is 13.8 Å². The lowest BCUT2D eigenvalue weighted by Crippen LogP contribution is -2.11. The highest BCUT2D eigenvalue weighted by Crippen LogP contribution is 2.31. The van der Waals surface area contributed by atoms with Crippen molar-refractivity contribution in [1.29, 1.82) is 0 Å². The summed E-state index contributed by atoms with van der Waals surface area (Å²) in [5.41, 5.74) is 0.816. The number of anilines is 3. The summed E-state index contributed by atoms with van der Waals surface area (Å²) < 4.78 is 10.6. The van der Waals surface area contributed by atoms with E-state index in [1.54, 1.807) is 20.4 Å². The van der Waals surface area contributed by atoms with Gasteiger partial charge in [0.1, 0.15) is 17.3 Å². The number of benzene rings is 1. The van der Waals surface area contributed by atoms with E-state index in [1.807, 2.05) is 24.3 Å². The SMILES string of the molecule is COc1ccc(Nc2ccnc(NCC(C)C)n2)c(OC)c1. The average molecular weight is 302 g/mol. The normalized spacial score (nSPS) is 10.4. The number of nitrogens with one attached hydrogen (secondary N) is 2. The molecule has 118 valence electrons. The lowest BCUT2D eigenvalue weighted by molar-refractivity contribution is 0.395. The molecule has 0 spiro atoms. The molecule has 2 aromatic rings. The van der Waals surface area contributed by atoms with Crippen molar-refractivity contribution in [2.75, 3.05) is 31.4 Å². The number of aromatic nitrogens is 2. The van der Waals surface area contributed by atoms with Crippen molar-refractivity contribution >= 4 is 17.5 Å². The summed E-state index contributed by atoms with van der Waals surface area (Å²) in [6, 6.07) is 7.39. The van der Waals surface area contributed by atoms with Gasteiger partial charge in [-0.3, -0.25) is 0 Å². The molecule has 0 aliphatic heterocycles. The van der Waals surface area contributed by atoms with Crippen LogP contribution in [0, 0.1) is 5.92 Å². The number of hydrogen-bond donors (Lipinski definition) is 2. The molecule has 1 aromatic carbocycles. The molecule has 0 amide bonds. The summed E-state index contributed by atoms with van der Waals surface area (Å²) in [6.07, 6.45) is 1.72. The molecular formula is C16H22N4O2. The molecule has 0 bridgehead atoms. The number of ether oxygens (including phenoxy) is 2. The Kier molecular flexibility index (Phi) is 5.41. The fourth-order valence-corrected chi connectivity index (χ4v) is 1.85. The zero-order chi connectivity index (χ0) is 15.9. The molecule has 0 radical (unpaired) electrons. The van der Waals surface area contributed by atoms with Gasteiger partial charge in [-0.1, -0.05) is 13.8 Å². The largest absolute Gasteiger partial charge is 0.497 e. The van der Waals surface area contributed by atoms with Gasteiger partial charge < -0.3 is 20.1 Å². The Morgan fingerprint density at radius 1 is 1.14 bits per heavy atom. The highest BCUT2D eigenvalue weighted by molar-refractivity contribution is 5.66. The fourth-order valence-electron chi connectivity index (χ4n) is 1.85. The van der Waals surface area contributed by atoms with Crippen LogP contribution < -0.4 is 20.1 Å². The van der Waals surface area contributed by atoms with Gasteiger partial charge in [0.15, 0.2) is 0 Å². The average Bonchev–Trinajstić information content (AvgIpc) is 2.53. The molecule has 2 N–H and O–H groups in total. The van der Waals surface area contributed by atoms with Gasteiger partial charge in [0.25, 0.3) is 0 Å². The number of rotatable bonds is 7. The van der Waals surface area contributed by atoms with Crippen molar-refractivity contribution < 1.29 is 9.47 Å². The van der Waals surface area contributed by atoms with Crippen molar-refractivity contribution in [3.8, 4) is 11.5 Å². The van der Waals surface area contributed by atoms with Gasteiger partial charge in [-0.05, 0) is 24.1 Å². The smallest absolute Gasteiger partial charge is 0.224 e. The van der Waals surface area contributed by atoms with E-state index in [0.717, 1.165) is 18.0 Å². The van der Waals surface area contributed by atoms with Gasteiger partial charge in [0.05, 0.1) is 19.9 Å². The molecule has 0 atom stereocenters. The fraction of sp³-hybridized carbons (Fsp3) is 0.375. The molecule has 1 aromatic heterocycles. The minimum atomic E-state index is 0.530. The summed E-state index contributed by atoms with van der Waals surface area (Å²) in [7, 11) is 3.24. The van der Waals surface area contributed by atoms with E-state index in [2.05, 4.69) is 34.4 Å². The minimum absolute atomic E-state index is 0.530. The third-order valence-corrected chi connectivity index (χ3v) is 3.00. The molecule has 0 unspecified atom stereocenters. The Morgan fingerprint density at radius 3 is 2.64 bits per heavy atom. The second-order valence-corrected chi connectivity index (χ2v) is 5.23. The molecule has 0 aliphatic carbocycles. The van der Waals surface area contributed by atoms with Gasteiger partial charge in [-0.15, -0.1) is 0 Å². The van der Waals surface area contributed by atoms with Crippen LogP contribution in [-0.2, 0) is 0 Å². The number of methoxy groups -OCH3 is 2. The Bertz CT molecular complexity index is 617. The topological polar surface area (TPSA) is 68.3 Å². The van der Waals surface area contributed by atoms with Crippen LogP contribution >= 0.6 is 0 Å². The standard InChI is InChI=1S/C16H22N4O2/c1-11(2)10-18-16-17-8-7-15(20-16)19-13-6-5-12(21-3)9-14(13)22-4/h5-9,11H,10H2,1-4H3,(H2,17,18,19,20). The van der Waals surface area contributed by atoms with E-state index in [4.69, 9.17) is 9.47 Å². The van der Waals surface area contributed by atoms with E-state index in [9.17, 15) is 0 Å². The van der Waals surface area contributed by atoms with Gasteiger partial charge in [0.2, 0.25) is 5.95 Å². The first-order chi connectivity index (χ1) is 10.6. The van der Waals surface area contributed by atoms with Crippen molar-refractivity contribution in [2.45, 2.75) is 13.8 Å². The van der Waals surface area contributed by atoms with Crippen LogP contribution in [0.3, 0.4) is 0 Å². The van der Waals surface area contributed by atoms with Crippen LogP contribution in [0.5, 0.6) is 11.5 Å². The van der Waals surface area contributed by atoms with E-state index in [0.29, 0.717) is 23.4 Å². The molecule has 22 heavy (non-hydrogen) atoms. The molecule has 0 saturated heterocycles. The van der Waals surface area contributed by atoms with Crippen molar-refractivity contribution in [3.05, 3.63) is 30.5 Å². The van der Waals surface area contributed by atoms with Gasteiger partial charge in [-0.2, -0.15) is 4.98 Å². The molecule has 6 heteroatoms. The first-order valence-corrected chi connectivity index (χ1v) is 7.18. The van der Waals surface area contributed by atoms with E-state index in [-0.39, 0.29) is 0 Å². The zero-order valence-corrected chi connectivity index (χ0v) is 13.4. The highest BCUT2D eigenvalue weighted by Gasteiger charge is 2.07. The van der Waals surface area contributed by atoms with Gasteiger partial charge >= 0.3 is 0 Å². The first kappa shape index (κ1) is 15.9. The summed E-state index contributed by atoms with van der Waals surface area (Å²) in [4.78, 5) is 8.65. The first-order valence-electron chi connectivity index (χ1n) is 7.18. The van der Waals surface area contributed by atoms with E-state index < -0.39 is 0 Å².